The molecular weight excluding hydrogens is 893 g/mol. The van der Waals surface area contributed by atoms with E-state index in [0.717, 1.165) is 104 Å². The van der Waals surface area contributed by atoms with Crippen molar-refractivity contribution in [2.24, 2.45) is 14.1 Å². The Bertz CT molecular complexity index is 3050. The predicted octanol–water partition coefficient (Wildman–Crippen LogP) is 3.76. The zero-order chi connectivity index (χ0) is 47.9. The Hall–Kier alpha value is -7.08. The number of aliphatic hydroxyl groups excluding tert-OH is 2. The molecule has 24 heteroatoms. The van der Waals surface area contributed by atoms with E-state index in [4.69, 9.17) is 35.0 Å². The van der Waals surface area contributed by atoms with Crippen molar-refractivity contribution in [3.05, 3.63) is 72.9 Å². The summed E-state index contributed by atoms with van der Waals surface area (Å²) < 4.78 is 7.96. The zero-order valence-corrected chi connectivity index (χ0v) is 40.1. The number of aromatic nitrogens is 18. The summed E-state index contributed by atoms with van der Waals surface area (Å²) in [6.07, 6.45) is 22.4. The smallest absolute Gasteiger partial charge is 0.226 e. The zero-order valence-electron chi connectivity index (χ0n) is 40.1. The van der Waals surface area contributed by atoms with Crippen molar-refractivity contribution < 1.29 is 10.2 Å². The first-order valence-electron chi connectivity index (χ1n) is 24.8. The fraction of sp³-hybridized carbons (Fsp3) is 0.565. The maximum Gasteiger partial charge on any atom is 0.226 e. The third-order valence-corrected chi connectivity index (χ3v) is 14.3. The Balaban J connectivity index is 0.809. The number of anilines is 4. The molecule has 6 atom stereocenters. The van der Waals surface area contributed by atoms with Gasteiger partial charge in [0, 0.05) is 70.5 Å². The number of imidazole rings is 4. The van der Waals surface area contributed by atoms with Gasteiger partial charge in [-0.15, -0.1) is 0 Å². The van der Waals surface area contributed by atoms with Crippen LogP contribution in [0.1, 0.15) is 112 Å². The maximum atomic E-state index is 11.5. The highest BCUT2D eigenvalue weighted by Gasteiger charge is 2.45. The van der Waals surface area contributed by atoms with Gasteiger partial charge in [-0.2, -0.15) is 49.9 Å². The summed E-state index contributed by atoms with van der Waals surface area (Å²) in [4.78, 5) is 42.2. The molecule has 0 saturated heterocycles. The third-order valence-electron chi connectivity index (χ3n) is 14.3. The molecule has 0 amide bonds. The molecule has 368 valence electrons. The van der Waals surface area contributed by atoms with E-state index in [9.17, 15) is 10.2 Å². The van der Waals surface area contributed by atoms with Crippen LogP contribution in [0.15, 0.2) is 50.1 Å². The van der Waals surface area contributed by atoms with E-state index in [0.29, 0.717) is 54.8 Å². The van der Waals surface area contributed by atoms with Crippen LogP contribution < -0.4 is 21.3 Å². The first kappa shape index (κ1) is 45.4. The number of fused-ring (bicyclic) bond motifs is 2. The molecule has 0 bridgehead atoms. The van der Waals surface area contributed by atoms with Crippen molar-refractivity contribution in [2.75, 3.05) is 34.4 Å². The Kier molecular flexibility index (Phi) is 12.6. The van der Waals surface area contributed by atoms with E-state index in [2.05, 4.69) is 58.0 Å². The molecule has 0 unspecified atom stereocenters. The molecule has 0 aromatic carbocycles. The lowest BCUT2D eigenvalue weighted by Gasteiger charge is -2.30. The third kappa shape index (κ3) is 9.23. The van der Waals surface area contributed by atoms with Gasteiger partial charge in [0.2, 0.25) is 11.9 Å². The number of nitrogens with one attached hydrogen (secondary N) is 4. The van der Waals surface area contributed by atoms with Crippen molar-refractivity contribution in [1.82, 2.24) is 88.1 Å². The van der Waals surface area contributed by atoms with Crippen molar-refractivity contribution in [3.63, 3.8) is 0 Å². The molecule has 8 aromatic rings. The van der Waals surface area contributed by atoms with Gasteiger partial charge in [0.15, 0.2) is 34.0 Å². The summed E-state index contributed by atoms with van der Waals surface area (Å²) in [6, 6.07) is -0.359. The van der Waals surface area contributed by atoms with Gasteiger partial charge in [0.05, 0.1) is 72.6 Å². The maximum absolute atomic E-state index is 11.5. The van der Waals surface area contributed by atoms with Crippen LogP contribution in [0.3, 0.4) is 0 Å². The van der Waals surface area contributed by atoms with Gasteiger partial charge < -0.3 is 49.7 Å². The largest absolute Gasteiger partial charge is 0.388 e. The van der Waals surface area contributed by atoms with Crippen molar-refractivity contribution in [3.8, 4) is 0 Å². The van der Waals surface area contributed by atoms with Gasteiger partial charge in [-0.1, -0.05) is 13.8 Å². The number of rotatable bonds is 18. The van der Waals surface area contributed by atoms with Crippen LogP contribution in [0.25, 0.3) is 22.3 Å². The number of hydrogen-bond acceptors (Lipinski definition) is 18. The lowest BCUT2D eigenvalue weighted by Crippen LogP contribution is -2.33. The quantitative estimate of drug-likeness (QED) is 0.0715. The van der Waals surface area contributed by atoms with Gasteiger partial charge >= 0.3 is 0 Å². The van der Waals surface area contributed by atoms with Crippen LogP contribution in [0.5, 0.6) is 0 Å². The Morgan fingerprint density at radius 1 is 0.557 bits per heavy atom. The second-order valence-electron chi connectivity index (χ2n) is 19.2. The van der Waals surface area contributed by atoms with Crippen LogP contribution in [0, 0.1) is 0 Å². The SMILES string of the molecule is CCc1cnn([C@@H]2CC[C@H](n3cnc4c(N[C@H]5CC[C@H](Nc6nc(NCCc7cn(C)cn7)nc7c6ncn7[C@@H]6C[C@H](n7ncc(CC)n7)[C@@H](O)[C@H]6O)CC5)nc(NCCc5cn(C)cn5)nc43)C2)n1. The van der Waals surface area contributed by atoms with Crippen molar-refractivity contribution in [2.45, 2.75) is 139 Å². The van der Waals surface area contributed by atoms with Gasteiger partial charge in [-0.05, 0) is 64.2 Å². The standard InChI is InChI=1S/C46H62N22O2/c1-5-27-19-53-67(61-27)34-12-11-33(17-34)65-25-51-37-41(57-45(59-43(37)65)47-15-13-31-21-63(3)23-49-31)55-29-7-9-30(10-8-29)56-42-38-44(60-46(58-42)48-16-14-32-22-64(4)24-50-32)66(26-52-38)35-18-36(40(70)39(35)69)68-54-20-28(6-2)62-68/h19-26,29-30,33-36,39-40,69-70H,5-18H2,1-4H3,(H2,47,55,57,59)(H2,48,56,58,60)/t29-,30-,33-,34+,35+,36-,39-,40+/m0/s1. The summed E-state index contributed by atoms with van der Waals surface area (Å²) in [6.45, 7) is 5.30. The average Bonchev–Trinajstić information content (AvgIpc) is 4.22. The van der Waals surface area contributed by atoms with E-state index in [1.807, 2.05) is 70.8 Å². The monoisotopic (exact) mass is 955 g/mol. The highest BCUT2D eigenvalue weighted by molar-refractivity contribution is 5.85. The molecule has 3 fully saturated rings. The summed E-state index contributed by atoms with van der Waals surface area (Å²) in [5, 5.41) is 55.5. The second-order valence-corrected chi connectivity index (χ2v) is 19.2. The van der Waals surface area contributed by atoms with E-state index < -0.39 is 24.3 Å². The molecule has 8 aromatic heterocycles. The summed E-state index contributed by atoms with van der Waals surface area (Å²) in [7, 11) is 3.93. The summed E-state index contributed by atoms with van der Waals surface area (Å²) >= 11 is 0. The minimum absolute atomic E-state index is 0.103. The van der Waals surface area contributed by atoms with Crippen LogP contribution in [0.4, 0.5) is 23.5 Å². The molecule has 8 heterocycles. The van der Waals surface area contributed by atoms with Gasteiger partial charge in [-0.3, -0.25) is 0 Å². The topological polar surface area (TPSA) is 273 Å². The molecule has 3 aliphatic carbocycles. The van der Waals surface area contributed by atoms with Crippen LogP contribution >= 0.6 is 0 Å². The highest BCUT2D eigenvalue weighted by Crippen LogP contribution is 2.41. The molecule has 3 saturated carbocycles. The minimum atomic E-state index is -1.09. The van der Waals surface area contributed by atoms with Gasteiger partial charge in [-0.25, -0.2) is 19.9 Å². The van der Waals surface area contributed by atoms with E-state index >= 15 is 0 Å². The van der Waals surface area contributed by atoms with Crippen LogP contribution in [0.2, 0.25) is 0 Å². The molecular formula is C46H62N22O2. The molecule has 24 nitrogen and oxygen atoms in total. The average molecular weight is 955 g/mol. The fourth-order valence-electron chi connectivity index (χ4n) is 10.4. The summed E-state index contributed by atoms with van der Waals surface area (Å²) in [5.74, 6) is 2.31. The van der Waals surface area contributed by atoms with E-state index in [-0.39, 0.29) is 24.2 Å². The second kappa shape index (κ2) is 19.4. The van der Waals surface area contributed by atoms with E-state index in [1.54, 1.807) is 18.9 Å². The molecule has 11 rings (SSSR count). The van der Waals surface area contributed by atoms with E-state index in [1.165, 1.54) is 4.80 Å². The molecule has 0 radical (unpaired) electrons. The summed E-state index contributed by atoms with van der Waals surface area (Å²) in [5.41, 5.74) is 6.49. The number of aryl methyl sites for hydroxylation is 4. The molecule has 70 heavy (non-hydrogen) atoms. The normalized spacial score (nSPS) is 23.7. The predicted molar refractivity (Wildman–Crippen MR) is 260 cm³/mol. The van der Waals surface area contributed by atoms with Crippen molar-refractivity contribution >= 4 is 45.9 Å². The van der Waals surface area contributed by atoms with Crippen LogP contribution in [-0.2, 0) is 39.8 Å². The molecule has 0 aliphatic heterocycles. The number of hydrogen-bond donors (Lipinski definition) is 6. The number of aliphatic hydroxyl groups is 2. The van der Waals surface area contributed by atoms with Gasteiger partial charge in [0.25, 0.3) is 0 Å². The lowest BCUT2D eigenvalue weighted by atomic mass is 9.91. The molecule has 6 N–H and O–H groups in total. The first-order chi connectivity index (χ1) is 34.2. The lowest BCUT2D eigenvalue weighted by molar-refractivity contribution is 0.00497. The Labute approximate surface area is 403 Å². The van der Waals surface area contributed by atoms with Gasteiger partial charge in [0.1, 0.15) is 18.2 Å². The molecule has 3 aliphatic rings. The van der Waals surface area contributed by atoms with Crippen LogP contribution in [-0.4, -0.2) is 136 Å². The highest BCUT2D eigenvalue weighted by atomic mass is 16.3. The Morgan fingerprint density at radius 3 is 1.61 bits per heavy atom. The Morgan fingerprint density at radius 2 is 1.07 bits per heavy atom. The van der Waals surface area contributed by atoms with Crippen molar-refractivity contribution in [1.29, 1.82) is 0 Å². The molecule has 0 spiro atoms. The fourth-order valence-corrected chi connectivity index (χ4v) is 10.4. The first-order valence-corrected chi connectivity index (χ1v) is 24.8. The minimum Gasteiger partial charge on any atom is -0.388 e. The number of nitrogens with zero attached hydrogens (tertiary/aromatic N) is 18.